The van der Waals surface area contributed by atoms with E-state index < -0.39 is 0 Å². The SMILES string of the molecule is CN(C)c1cccc(-c2c(-c3ccccn3)nc3ccccn23)c1. The zero-order valence-electron chi connectivity index (χ0n) is 13.7. The van der Waals surface area contributed by atoms with Gasteiger partial charge in [0.05, 0.1) is 11.4 Å². The van der Waals surface area contributed by atoms with E-state index >= 15 is 0 Å². The van der Waals surface area contributed by atoms with E-state index in [1.165, 1.54) is 0 Å². The molecule has 0 unspecified atom stereocenters. The van der Waals surface area contributed by atoms with Gasteiger partial charge in [-0.25, -0.2) is 4.98 Å². The molecule has 0 aliphatic carbocycles. The Morgan fingerprint density at radius 1 is 0.917 bits per heavy atom. The molecule has 0 aliphatic heterocycles. The Morgan fingerprint density at radius 2 is 1.79 bits per heavy atom. The number of hydrogen-bond acceptors (Lipinski definition) is 3. The molecule has 4 rings (SSSR count). The van der Waals surface area contributed by atoms with E-state index in [0.717, 1.165) is 34.0 Å². The van der Waals surface area contributed by atoms with E-state index in [-0.39, 0.29) is 0 Å². The molecule has 4 nitrogen and oxygen atoms in total. The Kier molecular flexibility index (Phi) is 3.50. The molecule has 0 saturated heterocycles. The summed E-state index contributed by atoms with van der Waals surface area (Å²) in [4.78, 5) is 11.4. The minimum absolute atomic E-state index is 0.881. The van der Waals surface area contributed by atoms with E-state index in [2.05, 4.69) is 38.6 Å². The molecule has 0 bridgehead atoms. The van der Waals surface area contributed by atoms with Crippen molar-refractivity contribution < 1.29 is 0 Å². The number of aromatic nitrogens is 3. The molecular formula is C20H18N4. The van der Waals surface area contributed by atoms with Crippen molar-refractivity contribution in [2.45, 2.75) is 0 Å². The van der Waals surface area contributed by atoms with Crippen molar-refractivity contribution in [1.29, 1.82) is 0 Å². The van der Waals surface area contributed by atoms with Crippen molar-refractivity contribution in [3.05, 3.63) is 73.1 Å². The first-order valence-corrected chi connectivity index (χ1v) is 7.90. The molecule has 0 atom stereocenters. The monoisotopic (exact) mass is 314 g/mol. The third kappa shape index (κ3) is 2.42. The first-order chi connectivity index (χ1) is 11.7. The van der Waals surface area contributed by atoms with Crippen LogP contribution in [0.25, 0.3) is 28.3 Å². The number of imidazole rings is 1. The van der Waals surface area contributed by atoms with E-state index in [9.17, 15) is 0 Å². The molecule has 0 amide bonds. The summed E-state index contributed by atoms with van der Waals surface area (Å²) in [5.41, 5.74) is 6.05. The second kappa shape index (κ2) is 5.81. The Hall–Kier alpha value is -3.14. The lowest BCUT2D eigenvalue weighted by atomic mass is 10.1. The fraction of sp³-hybridized carbons (Fsp3) is 0.100. The first-order valence-electron chi connectivity index (χ1n) is 7.90. The lowest BCUT2D eigenvalue weighted by Gasteiger charge is -2.14. The van der Waals surface area contributed by atoms with Crippen molar-refractivity contribution in [2.24, 2.45) is 0 Å². The van der Waals surface area contributed by atoms with Crippen molar-refractivity contribution in [2.75, 3.05) is 19.0 Å². The third-order valence-electron chi connectivity index (χ3n) is 4.07. The van der Waals surface area contributed by atoms with Crippen molar-refractivity contribution in [3.8, 4) is 22.6 Å². The Balaban J connectivity index is 2.01. The van der Waals surface area contributed by atoms with E-state index in [1.807, 2.05) is 56.7 Å². The number of benzene rings is 1. The van der Waals surface area contributed by atoms with Crippen LogP contribution in [0.5, 0.6) is 0 Å². The smallest absolute Gasteiger partial charge is 0.138 e. The molecule has 118 valence electrons. The summed E-state index contributed by atoms with van der Waals surface area (Å²) in [7, 11) is 4.10. The van der Waals surface area contributed by atoms with Gasteiger partial charge in [0.25, 0.3) is 0 Å². The number of rotatable bonds is 3. The fourth-order valence-electron chi connectivity index (χ4n) is 2.88. The zero-order valence-corrected chi connectivity index (χ0v) is 13.7. The Morgan fingerprint density at radius 3 is 2.58 bits per heavy atom. The zero-order chi connectivity index (χ0) is 16.5. The maximum absolute atomic E-state index is 4.82. The molecule has 0 radical (unpaired) electrons. The predicted molar refractivity (Wildman–Crippen MR) is 98.2 cm³/mol. The second-order valence-electron chi connectivity index (χ2n) is 5.90. The number of fused-ring (bicyclic) bond motifs is 1. The van der Waals surface area contributed by atoms with Gasteiger partial charge in [0.15, 0.2) is 0 Å². The lowest BCUT2D eigenvalue weighted by Crippen LogP contribution is -2.08. The normalized spacial score (nSPS) is 10.9. The summed E-state index contributed by atoms with van der Waals surface area (Å²) in [6.07, 6.45) is 3.85. The summed E-state index contributed by atoms with van der Waals surface area (Å²) >= 11 is 0. The summed E-state index contributed by atoms with van der Waals surface area (Å²) in [5, 5.41) is 0. The van der Waals surface area contributed by atoms with E-state index in [1.54, 1.807) is 6.20 Å². The summed E-state index contributed by atoms with van der Waals surface area (Å²) < 4.78 is 2.12. The maximum Gasteiger partial charge on any atom is 0.138 e. The summed E-state index contributed by atoms with van der Waals surface area (Å²) in [5.74, 6) is 0. The molecule has 0 aliphatic rings. The van der Waals surface area contributed by atoms with Crippen molar-refractivity contribution >= 4 is 11.3 Å². The number of nitrogens with zero attached hydrogens (tertiary/aromatic N) is 4. The number of pyridine rings is 2. The lowest BCUT2D eigenvalue weighted by molar-refractivity contribution is 1.13. The van der Waals surface area contributed by atoms with Gasteiger partial charge in [0, 0.05) is 37.7 Å². The first kappa shape index (κ1) is 14.5. The third-order valence-corrected chi connectivity index (χ3v) is 4.07. The van der Waals surface area contributed by atoms with E-state index in [4.69, 9.17) is 4.98 Å². The quantitative estimate of drug-likeness (QED) is 0.570. The molecule has 3 heterocycles. The molecule has 0 fully saturated rings. The van der Waals surface area contributed by atoms with Gasteiger partial charge in [-0.15, -0.1) is 0 Å². The molecule has 4 heteroatoms. The van der Waals surface area contributed by atoms with Crippen LogP contribution in [-0.2, 0) is 0 Å². The number of anilines is 1. The van der Waals surface area contributed by atoms with Crippen LogP contribution in [0.3, 0.4) is 0 Å². The topological polar surface area (TPSA) is 33.4 Å². The van der Waals surface area contributed by atoms with Gasteiger partial charge in [0.2, 0.25) is 0 Å². The highest BCUT2D eigenvalue weighted by atomic mass is 15.1. The summed E-state index contributed by atoms with van der Waals surface area (Å²) in [6, 6.07) is 20.5. The standard InChI is InChI=1S/C20H18N4/c1-23(2)16-9-7-8-15(14-16)20-19(17-10-3-5-12-21-17)22-18-11-4-6-13-24(18)20/h3-14H,1-2H3. The van der Waals surface area contributed by atoms with Gasteiger partial charge < -0.3 is 4.90 Å². The van der Waals surface area contributed by atoms with Crippen LogP contribution >= 0.6 is 0 Å². The molecule has 0 saturated carbocycles. The Bertz CT molecular complexity index is 987. The molecule has 3 aromatic heterocycles. The minimum Gasteiger partial charge on any atom is -0.378 e. The van der Waals surface area contributed by atoms with Gasteiger partial charge >= 0.3 is 0 Å². The Labute approximate surface area is 141 Å². The van der Waals surface area contributed by atoms with Gasteiger partial charge in [-0.1, -0.05) is 24.3 Å². The molecule has 24 heavy (non-hydrogen) atoms. The van der Waals surface area contributed by atoms with Gasteiger partial charge in [0.1, 0.15) is 11.3 Å². The van der Waals surface area contributed by atoms with Gasteiger partial charge in [-0.2, -0.15) is 0 Å². The van der Waals surface area contributed by atoms with Crippen LogP contribution < -0.4 is 4.90 Å². The van der Waals surface area contributed by atoms with Crippen LogP contribution in [0.1, 0.15) is 0 Å². The number of hydrogen-bond donors (Lipinski definition) is 0. The highest BCUT2D eigenvalue weighted by Gasteiger charge is 2.16. The summed E-state index contributed by atoms with van der Waals surface area (Å²) in [6.45, 7) is 0. The van der Waals surface area contributed by atoms with Gasteiger partial charge in [-0.05, 0) is 36.4 Å². The second-order valence-corrected chi connectivity index (χ2v) is 5.90. The van der Waals surface area contributed by atoms with Gasteiger partial charge in [-0.3, -0.25) is 9.38 Å². The van der Waals surface area contributed by atoms with Crippen LogP contribution in [0.2, 0.25) is 0 Å². The van der Waals surface area contributed by atoms with Crippen molar-refractivity contribution in [3.63, 3.8) is 0 Å². The molecule has 4 aromatic rings. The average Bonchev–Trinajstić information content (AvgIpc) is 3.02. The minimum atomic E-state index is 0.881. The molecule has 0 spiro atoms. The molecule has 1 aromatic carbocycles. The molecular weight excluding hydrogens is 296 g/mol. The predicted octanol–water partition coefficient (Wildman–Crippen LogP) is 4.13. The highest BCUT2D eigenvalue weighted by molar-refractivity contribution is 5.81. The highest BCUT2D eigenvalue weighted by Crippen LogP contribution is 2.33. The fourth-order valence-corrected chi connectivity index (χ4v) is 2.88. The largest absolute Gasteiger partial charge is 0.378 e. The van der Waals surface area contributed by atoms with Crippen LogP contribution in [-0.4, -0.2) is 28.5 Å². The van der Waals surface area contributed by atoms with Crippen LogP contribution in [0.4, 0.5) is 5.69 Å². The van der Waals surface area contributed by atoms with Crippen LogP contribution in [0.15, 0.2) is 73.1 Å². The van der Waals surface area contributed by atoms with Crippen molar-refractivity contribution in [1.82, 2.24) is 14.4 Å². The molecule has 0 N–H and O–H groups in total. The van der Waals surface area contributed by atoms with E-state index in [0.29, 0.717) is 0 Å². The maximum atomic E-state index is 4.82. The average molecular weight is 314 g/mol. The van der Waals surface area contributed by atoms with Crippen LogP contribution in [0, 0.1) is 0 Å².